The fourth-order valence-electron chi connectivity index (χ4n) is 1.89. The van der Waals surface area contributed by atoms with Crippen molar-refractivity contribution >= 4 is 0 Å². The van der Waals surface area contributed by atoms with Crippen molar-refractivity contribution < 1.29 is 4.74 Å². The number of benzene rings is 2. The predicted octanol–water partition coefficient (Wildman–Crippen LogP) is 4.61. The van der Waals surface area contributed by atoms with Gasteiger partial charge in [0.2, 0.25) is 0 Å². The number of hydrogen-bond donors (Lipinski definition) is 0. The summed E-state index contributed by atoms with van der Waals surface area (Å²) in [7, 11) is 0. The number of hydrogen-bond acceptors (Lipinski definition) is 1. The molecule has 17 heavy (non-hydrogen) atoms. The zero-order chi connectivity index (χ0) is 11.9. The number of rotatable bonds is 5. The maximum Gasteiger partial charge on any atom is 0.124 e. The third-order valence-corrected chi connectivity index (χ3v) is 2.74. The van der Waals surface area contributed by atoms with Crippen LogP contribution in [-0.2, 0) is 0 Å². The fourth-order valence-corrected chi connectivity index (χ4v) is 1.89. The molecule has 0 N–H and O–H groups in total. The van der Waals surface area contributed by atoms with Crippen molar-refractivity contribution in [3.05, 3.63) is 66.2 Å². The van der Waals surface area contributed by atoms with Gasteiger partial charge in [-0.25, -0.2) is 0 Å². The van der Waals surface area contributed by atoms with Gasteiger partial charge in [0.25, 0.3) is 0 Å². The average Bonchev–Trinajstić information content (AvgIpc) is 2.40. The summed E-state index contributed by atoms with van der Waals surface area (Å²) < 4.78 is 6.04. The summed E-state index contributed by atoms with van der Waals surface area (Å²) in [6.07, 6.45) is 2.31. The minimum Gasteiger partial charge on any atom is -0.486 e. The van der Waals surface area contributed by atoms with Gasteiger partial charge in [0, 0.05) is 0 Å². The van der Waals surface area contributed by atoms with E-state index in [9.17, 15) is 0 Å². The van der Waals surface area contributed by atoms with Gasteiger partial charge in [-0.1, -0.05) is 61.9 Å². The molecule has 0 aromatic heterocycles. The van der Waals surface area contributed by atoms with Crippen LogP contribution in [0.5, 0.6) is 5.75 Å². The molecule has 2 aromatic rings. The summed E-state index contributed by atoms with van der Waals surface area (Å²) in [6.45, 7) is 2.18. The van der Waals surface area contributed by atoms with Gasteiger partial charge in [-0.3, -0.25) is 0 Å². The molecule has 1 unspecified atom stereocenters. The highest BCUT2D eigenvalue weighted by Gasteiger charge is 2.11. The van der Waals surface area contributed by atoms with Gasteiger partial charge in [0.15, 0.2) is 0 Å². The van der Waals surface area contributed by atoms with Crippen LogP contribution in [0, 0.1) is 0 Å². The summed E-state index contributed by atoms with van der Waals surface area (Å²) >= 11 is 0. The van der Waals surface area contributed by atoms with Crippen LogP contribution in [0.25, 0.3) is 0 Å². The second-order valence-corrected chi connectivity index (χ2v) is 4.12. The SMILES string of the molecule is CCCC(Oc1ccccc1)c1ccccc1. The smallest absolute Gasteiger partial charge is 0.124 e. The first-order valence-electron chi connectivity index (χ1n) is 6.17. The Morgan fingerprint density at radius 2 is 1.47 bits per heavy atom. The molecule has 0 fully saturated rings. The summed E-state index contributed by atoms with van der Waals surface area (Å²) in [5.74, 6) is 0.940. The van der Waals surface area contributed by atoms with Gasteiger partial charge in [-0.05, 0) is 24.1 Å². The van der Waals surface area contributed by atoms with Crippen molar-refractivity contribution in [1.82, 2.24) is 0 Å². The second kappa shape index (κ2) is 6.09. The Morgan fingerprint density at radius 1 is 0.882 bits per heavy atom. The maximum atomic E-state index is 6.04. The highest BCUT2D eigenvalue weighted by Crippen LogP contribution is 2.25. The third kappa shape index (κ3) is 3.35. The van der Waals surface area contributed by atoms with E-state index in [0.717, 1.165) is 18.6 Å². The Labute approximate surface area is 103 Å². The fraction of sp³-hybridized carbons (Fsp3) is 0.250. The number of ether oxygens (including phenoxy) is 1. The molecule has 0 aliphatic carbocycles. The quantitative estimate of drug-likeness (QED) is 0.723. The molecule has 2 rings (SSSR count). The molecule has 0 amide bonds. The average molecular weight is 226 g/mol. The van der Waals surface area contributed by atoms with E-state index < -0.39 is 0 Å². The maximum absolute atomic E-state index is 6.04. The Morgan fingerprint density at radius 3 is 2.06 bits per heavy atom. The van der Waals surface area contributed by atoms with E-state index in [1.165, 1.54) is 5.56 Å². The van der Waals surface area contributed by atoms with Crippen LogP contribution >= 0.6 is 0 Å². The normalized spacial score (nSPS) is 12.1. The van der Waals surface area contributed by atoms with Gasteiger partial charge in [0.05, 0.1) is 0 Å². The Hall–Kier alpha value is -1.76. The lowest BCUT2D eigenvalue weighted by Crippen LogP contribution is -2.07. The molecule has 2 aromatic carbocycles. The molecule has 1 atom stereocenters. The van der Waals surface area contributed by atoms with Gasteiger partial charge >= 0.3 is 0 Å². The van der Waals surface area contributed by atoms with Crippen LogP contribution in [-0.4, -0.2) is 0 Å². The Bertz CT molecular complexity index is 422. The van der Waals surface area contributed by atoms with Crippen molar-refractivity contribution in [2.45, 2.75) is 25.9 Å². The van der Waals surface area contributed by atoms with Crippen LogP contribution in [0.1, 0.15) is 31.4 Å². The topological polar surface area (TPSA) is 9.23 Å². The van der Waals surface area contributed by atoms with Crippen LogP contribution in [0.15, 0.2) is 60.7 Å². The molecular formula is C16H18O. The third-order valence-electron chi connectivity index (χ3n) is 2.74. The van der Waals surface area contributed by atoms with Gasteiger partial charge in [-0.15, -0.1) is 0 Å². The summed E-state index contributed by atoms with van der Waals surface area (Å²) in [5.41, 5.74) is 1.25. The molecule has 0 saturated heterocycles. The van der Waals surface area contributed by atoms with E-state index in [-0.39, 0.29) is 6.10 Å². The summed E-state index contributed by atoms with van der Waals surface area (Å²) in [4.78, 5) is 0. The monoisotopic (exact) mass is 226 g/mol. The van der Waals surface area contributed by atoms with Crippen molar-refractivity contribution in [3.8, 4) is 5.75 Å². The van der Waals surface area contributed by atoms with Crippen LogP contribution in [0.4, 0.5) is 0 Å². The molecule has 1 heteroatoms. The van der Waals surface area contributed by atoms with E-state index in [2.05, 4.69) is 31.2 Å². The lowest BCUT2D eigenvalue weighted by molar-refractivity contribution is 0.194. The first-order chi connectivity index (χ1) is 8.40. The molecule has 0 aliphatic heterocycles. The Balaban J connectivity index is 2.13. The van der Waals surface area contributed by atoms with E-state index >= 15 is 0 Å². The molecular weight excluding hydrogens is 208 g/mol. The largest absolute Gasteiger partial charge is 0.486 e. The van der Waals surface area contributed by atoms with Crippen molar-refractivity contribution in [2.24, 2.45) is 0 Å². The van der Waals surface area contributed by atoms with Gasteiger partial charge in [0.1, 0.15) is 11.9 Å². The lowest BCUT2D eigenvalue weighted by Gasteiger charge is -2.19. The summed E-state index contributed by atoms with van der Waals surface area (Å²) in [6, 6.07) is 20.4. The van der Waals surface area contributed by atoms with Crippen molar-refractivity contribution in [3.63, 3.8) is 0 Å². The molecule has 0 bridgehead atoms. The second-order valence-electron chi connectivity index (χ2n) is 4.12. The van der Waals surface area contributed by atoms with Crippen molar-refractivity contribution in [2.75, 3.05) is 0 Å². The van der Waals surface area contributed by atoms with E-state index in [0.29, 0.717) is 0 Å². The van der Waals surface area contributed by atoms with E-state index in [4.69, 9.17) is 4.74 Å². The van der Waals surface area contributed by atoms with Gasteiger partial charge in [-0.2, -0.15) is 0 Å². The molecule has 0 aliphatic rings. The van der Waals surface area contributed by atoms with E-state index in [1.54, 1.807) is 0 Å². The molecule has 0 spiro atoms. The number of para-hydroxylation sites is 1. The Kier molecular flexibility index (Phi) is 4.20. The molecule has 0 heterocycles. The lowest BCUT2D eigenvalue weighted by atomic mass is 10.1. The molecule has 1 nitrogen and oxygen atoms in total. The van der Waals surface area contributed by atoms with Crippen LogP contribution in [0.2, 0.25) is 0 Å². The standard InChI is InChI=1S/C16H18O/c1-2-9-16(14-10-5-3-6-11-14)17-15-12-7-4-8-13-15/h3-8,10-13,16H,2,9H2,1H3. The highest BCUT2D eigenvalue weighted by atomic mass is 16.5. The minimum atomic E-state index is 0.156. The molecule has 88 valence electrons. The zero-order valence-electron chi connectivity index (χ0n) is 10.2. The van der Waals surface area contributed by atoms with E-state index in [1.807, 2.05) is 36.4 Å². The first kappa shape index (κ1) is 11.7. The van der Waals surface area contributed by atoms with Crippen LogP contribution < -0.4 is 4.74 Å². The van der Waals surface area contributed by atoms with Crippen molar-refractivity contribution in [1.29, 1.82) is 0 Å². The molecule has 0 saturated carbocycles. The first-order valence-corrected chi connectivity index (χ1v) is 6.17. The highest BCUT2D eigenvalue weighted by molar-refractivity contribution is 5.24. The zero-order valence-corrected chi connectivity index (χ0v) is 10.2. The van der Waals surface area contributed by atoms with Gasteiger partial charge < -0.3 is 4.74 Å². The minimum absolute atomic E-state index is 0.156. The van der Waals surface area contributed by atoms with Crippen LogP contribution in [0.3, 0.4) is 0 Å². The molecule has 0 radical (unpaired) electrons. The predicted molar refractivity (Wildman–Crippen MR) is 71.2 cm³/mol. The summed E-state index contributed by atoms with van der Waals surface area (Å²) in [5, 5.41) is 0.